The highest BCUT2D eigenvalue weighted by Crippen LogP contribution is 2.23. The molecule has 2 saturated heterocycles. The molecule has 3 aliphatic rings. The molecule has 3 fully saturated rings. The molecule has 3 heterocycles. The molecule has 1 unspecified atom stereocenters. The van der Waals surface area contributed by atoms with Gasteiger partial charge in [0.1, 0.15) is 11.9 Å². The quantitative estimate of drug-likeness (QED) is 0.231. The summed E-state index contributed by atoms with van der Waals surface area (Å²) < 4.78 is 27.9. The first-order valence-corrected chi connectivity index (χ1v) is 19.8. The zero-order valence-electron chi connectivity index (χ0n) is 32.0. The van der Waals surface area contributed by atoms with Gasteiger partial charge in [-0.05, 0) is 82.6 Å². The van der Waals surface area contributed by atoms with Gasteiger partial charge in [-0.15, -0.1) is 0 Å². The number of hydrogen-bond acceptors (Lipinski definition) is 9. The number of ether oxygens (including phenoxy) is 2. The Bertz CT molecular complexity index is 1880. The van der Waals surface area contributed by atoms with Gasteiger partial charge in [0, 0.05) is 64.2 Å². The number of halogens is 1. The van der Waals surface area contributed by atoms with Gasteiger partial charge < -0.3 is 24.2 Å². The lowest BCUT2D eigenvalue weighted by atomic mass is 9.98. The summed E-state index contributed by atoms with van der Waals surface area (Å²) in [4.78, 5) is 70.8. The Labute approximate surface area is 321 Å². The van der Waals surface area contributed by atoms with Crippen molar-refractivity contribution in [1.29, 1.82) is 0 Å². The molecule has 0 spiro atoms. The number of rotatable bonds is 13. The van der Waals surface area contributed by atoms with Crippen LogP contribution in [0.25, 0.3) is 10.8 Å². The van der Waals surface area contributed by atoms with Crippen molar-refractivity contribution >= 4 is 35.1 Å². The topological polar surface area (TPSA) is 135 Å². The number of amides is 3. The highest BCUT2D eigenvalue weighted by molar-refractivity contribution is 5.95. The lowest BCUT2D eigenvalue weighted by molar-refractivity contribution is -0.134. The fourth-order valence-corrected chi connectivity index (χ4v) is 7.85. The zero-order chi connectivity index (χ0) is 38.9. The highest BCUT2D eigenvalue weighted by Gasteiger charge is 2.30. The van der Waals surface area contributed by atoms with Crippen LogP contribution in [-0.4, -0.2) is 131 Å². The molecular formula is C41H53FN6O7. The van der Waals surface area contributed by atoms with Gasteiger partial charge in [-0.1, -0.05) is 30.7 Å². The summed E-state index contributed by atoms with van der Waals surface area (Å²) in [6.07, 6.45) is 8.17. The first-order chi connectivity index (χ1) is 26.6. The summed E-state index contributed by atoms with van der Waals surface area (Å²) in [5.74, 6) is -1.11. The van der Waals surface area contributed by atoms with Crippen LogP contribution in [-0.2, 0) is 25.5 Å². The van der Waals surface area contributed by atoms with Crippen LogP contribution in [0.4, 0.5) is 9.18 Å². The molecule has 1 saturated carbocycles. The van der Waals surface area contributed by atoms with E-state index in [1.807, 2.05) is 13.8 Å². The Morgan fingerprint density at radius 3 is 2.31 bits per heavy atom. The third-order valence-electron chi connectivity index (χ3n) is 11.1. The number of carbonyl (C=O) groups excluding carboxylic acids is 4. The van der Waals surface area contributed by atoms with E-state index in [1.54, 1.807) is 45.0 Å². The molecule has 0 radical (unpaired) electrons. The van der Waals surface area contributed by atoms with E-state index in [-0.39, 0.29) is 55.4 Å². The monoisotopic (exact) mass is 760 g/mol. The molecule has 2 aromatic carbocycles. The number of fused-ring (bicyclic) bond motifs is 1. The minimum Gasteiger partial charge on any atom is -0.446 e. The molecular weight excluding hydrogens is 707 g/mol. The first-order valence-electron chi connectivity index (χ1n) is 19.8. The molecule has 14 heteroatoms. The van der Waals surface area contributed by atoms with Crippen molar-refractivity contribution in [2.75, 3.05) is 58.9 Å². The van der Waals surface area contributed by atoms with Crippen molar-refractivity contribution in [2.45, 2.75) is 89.9 Å². The van der Waals surface area contributed by atoms with E-state index in [2.05, 4.69) is 10.00 Å². The van der Waals surface area contributed by atoms with Gasteiger partial charge in [0.2, 0.25) is 12.3 Å². The number of aromatic nitrogens is 2. The Morgan fingerprint density at radius 1 is 0.927 bits per heavy atom. The van der Waals surface area contributed by atoms with Gasteiger partial charge in [0.15, 0.2) is 0 Å². The van der Waals surface area contributed by atoms with Gasteiger partial charge in [0.25, 0.3) is 11.5 Å². The Hall–Kier alpha value is -4.69. The minimum atomic E-state index is -0.651. The van der Waals surface area contributed by atoms with E-state index < -0.39 is 17.3 Å². The van der Waals surface area contributed by atoms with E-state index in [0.717, 1.165) is 62.7 Å². The molecule has 3 amide bonds. The van der Waals surface area contributed by atoms with Gasteiger partial charge in [0.05, 0.1) is 35.4 Å². The van der Waals surface area contributed by atoms with Crippen LogP contribution in [0, 0.1) is 5.82 Å². The summed E-state index contributed by atoms with van der Waals surface area (Å²) in [5, 5.41) is 5.12. The van der Waals surface area contributed by atoms with E-state index in [0.29, 0.717) is 61.2 Å². The highest BCUT2D eigenvalue weighted by atomic mass is 19.1. The van der Waals surface area contributed by atoms with Crippen LogP contribution >= 0.6 is 0 Å². The van der Waals surface area contributed by atoms with Crippen molar-refractivity contribution in [2.24, 2.45) is 0 Å². The standard InChI is InChI=1S/C41H53FN6O7/c1-3-45(41(53)55-31-9-5-4-6-10-31)20-15-29(2)54-32-16-18-44(19-17-32)27-38(50)46-21-23-47(24-22-46)39(51)35-25-30(13-14-36(35)42)26-37-33-11-7-8-12-34(33)40(52)48(28-49)43-37/h7-8,11-14,25,28-29,31-32H,3-6,9-10,15-24,26-27H2,1-2H3. The van der Waals surface area contributed by atoms with Gasteiger partial charge >= 0.3 is 6.09 Å². The van der Waals surface area contributed by atoms with E-state index >= 15 is 4.39 Å². The van der Waals surface area contributed by atoms with Crippen molar-refractivity contribution in [3.63, 3.8) is 0 Å². The minimum absolute atomic E-state index is 0.00386. The third kappa shape index (κ3) is 10.1. The molecule has 3 aromatic rings. The number of piperazine rings is 1. The predicted octanol–water partition coefficient (Wildman–Crippen LogP) is 4.50. The van der Waals surface area contributed by atoms with Crippen LogP contribution in [0.3, 0.4) is 0 Å². The van der Waals surface area contributed by atoms with Crippen LogP contribution in [0.2, 0.25) is 0 Å². The molecule has 1 aromatic heterocycles. The fourth-order valence-electron chi connectivity index (χ4n) is 7.85. The van der Waals surface area contributed by atoms with Crippen molar-refractivity contribution in [3.05, 3.63) is 75.5 Å². The van der Waals surface area contributed by atoms with Gasteiger partial charge in [-0.2, -0.15) is 9.78 Å². The second kappa shape index (κ2) is 18.8. The molecule has 296 valence electrons. The maximum atomic E-state index is 15.0. The first kappa shape index (κ1) is 40.0. The van der Waals surface area contributed by atoms with E-state index in [4.69, 9.17) is 9.47 Å². The largest absolute Gasteiger partial charge is 0.446 e. The summed E-state index contributed by atoms with van der Waals surface area (Å²) in [6.45, 7) is 8.27. The molecule has 55 heavy (non-hydrogen) atoms. The van der Waals surface area contributed by atoms with Crippen molar-refractivity contribution in [3.8, 4) is 0 Å². The van der Waals surface area contributed by atoms with Crippen molar-refractivity contribution < 1.29 is 33.0 Å². The number of piperidine rings is 1. The molecule has 1 aliphatic carbocycles. The molecule has 1 atom stereocenters. The van der Waals surface area contributed by atoms with Crippen molar-refractivity contribution in [1.82, 2.24) is 29.4 Å². The number of likely N-dealkylation sites (tertiary alicyclic amines) is 1. The normalized spacial score (nSPS) is 17.9. The summed E-state index contributed by atoms with van der Waals surface area (Å²) in [7, 11) is 0. The van der Waals surface area contributed by atoms with Crippen LogP contribution in [0.5, 0.6) is 0 Å². The zero-order valence-corrected chi connectivity index (χ0v) is 32.0. The van der Waals surface area contributed by atoms with Gasteiger partial charge in [-0.25, -0.2) is 9.18 Å². The average molecular weight is 761 g/mol. The number of hydrogen-bond donors (Lipinski definition) is 0. The Balaban J connectivity index is 0.931. The lowest BCUT2D eigenvalue weighted by Crippen LogP contribution is -2.53. The Kier molecular flexibility index (Phi) is 13.6. The SMILES string of the molecule is CCN(CCC(C)OC1CCN(CC(=O)N2CCN(C(=O)c3cc(Cc4nn(C=O)c(=O)c5ccccc45)ccc3F)CC2)CC1)C(=O)OC1CCCCC1. The second-order valence-electron chi connectivity index (χ2n) is 14.9. The summed E-state index contributed by atoms with van der Waals surface area (Å²) >= 11 is 0. The number of benzene rings is 2. The van der Waals surface area contributed by atoms with Gasteiger partial charge in [-0.3, -0.25) is 24.1 Å². The van der Waals surface area contributed by atoms with E-state index in [1.165, 1.54) is 18.6 Å². The third-order valence-corrected chi connectivity index (χ3v) is 11.1. The van der Waals surface area contributed by atoms with E-state index in [9.17, 15) is 24.0 Å². The molecule has 13 nitrogen and oxygen atoms in total. The molecule has 0 N–H and O–H groups in total. The fraction of sp³-hybridized carbons (Fsp3) is 0.561. The van der Waals surface area contributed by atoms with Crippen LogP contribution in [0.15, 0.2) is 47.3 Å². The maximum absolute atomic E-state index is 15.0. The smallest absolute Gasteiger partial charge is 0.410 e. The Morgan fingerprint density at radius 2 is 1.62 bits per heavy atom. The van der Waals surface area contributed by atoms with Crippen LogP contribution in [0.1, 0.15) is 86.8 Å². The second-order valence-corrected chi connectivity index (χ2v) is 14.9. The summed E-state index contributed by atoms with van der Waals surface area (Å²) in [5.41, 5.74) is 0.452. The predicted molar refractivity (Wildman–Crippen MR) is 205 cm³/mol. The number of nitrogens with zero attached hydrogens (tertiary/aromatic N) is 6. The van der Waals surface area contributed by atoms with Crippen LogP contribution < -0.4 is 5.56 Å². The lowest BCUT2D eigenvalue weighted by Gasteiger charge is -2.37. The summed E-state index contributed by atoms with van der Waals surface area (Å²) in [6, 6.07) is 11.1. The number of carbonyl (C=O) groups is 4. The average Bonchev–Trinajstić information content (AvgIpc) is 3.20. The maximum Gasteiger partial charge on any atom is 0.410 e. The molecule has 0 bridgehead atoms. The molecule has 2 aliphatic heterocycles. The molecule has 6 rings (SSSR count).